The van der Waals surface area contributed by atoms with Crippen LogP contribution in [0.2, 0.25) is 0 Å². The maximum absolute atomic E-state index is 6.34. The van der Waals surface area contributed by atoms with Crippen molar-refractivity contribution in [1.29, 1.82) is 0 Å². The van der Waals surface area contributed by atoms with Gasteiger partial charge < -0.3 is 9.32 Å². The summed E-state index contributed by atoms with van der Waals surface area (Å²) in [6.45, 7) is 0. The fraction of sp³-hybridized carbons (Fsp3) is 0.0164. The minimum absolute atomic E-state index is 0.522. The average Bonchev–Trinajstić information content (AvgIpc) is 3.99. The molecule has 0 bridgehead atoms. The largest absolute Gasteiger partial charge is 0.456 e. The summed E-state index contributed by atoms with van der Waals surface area (Å²) < 4.78 is 6.34. The van der Waals surface area contributed by atoms with Crippen LogP contribution in [0.4, 0.5) is 17.1 Å². The van der Waals surface area contributed by atoms with Gasteiger partial charge in [-0.15, -0.1) is 0 Å². The van der Waals surface area contributed by atoms with Crippen molar-refractivity contribution >= 4 is 71.3 Å². The van der Waals surface area contributed by atoms with E-state index in [9.17, 15) is 0 Å². The summed E-state index contributed by atoms with van der Waals surface area (Å²) >= 11 is 0. The Morgan fingerprint density at radius 2 is 0.778 bits per heavy atom. The van der Waals surface area contributed by atoms with E-state index in [-0.39, 0.29) is 0 Å². The van der Waals surface area contributed by atoms with Gasteiger partial charge in [-0.3, -0.25) is 0 Å². The van der Waals surface area contributed by atoms with Crippen LogP contribution in [0, 0.1) is 0 Å². The molecule has 0 aliphatic heterocycles. The number of rotatable bonds is 4. The molecule has 0 atom stereocenters. The molecule has 1 heterocycles. The molecule has 11 aromatic carbocycles. The Bertz CT molecular complexity index is 3770. The predicted octanol–water partition coefficient (Wildman–Crippen LogP) is 16.5. The van der Waals surface area contributed by atoms with Crippen LogP contribution in [0.5, 0.6) is 0 Å². The average molecular weight is 800 g/mol. The Morgan fingerprint density at radius 1 is 0.317 bits per heavy atom. The predicted molar refractivity (Wildman–Crippen MR) is 263 cm³/mol. The van der Waals surface area contributed by atoms with Gasteiger partial charge in [0.05, 0.1) is 11.1 Å². The van der Waals surface area contributed by atoms with Gasteiger partial charge in [-0.1, -0.05) is 182 Å². The second-order valence-corrected chi connectivity index (χ2v) is 17.1. The van der Waals surface area contributed by atoms with E-state index in [1.54, 1.807) is 0 Å². The lowest BCUT2D eigenvalue weighted by Crippen LogP contribution is -2.28. The van der Waals surface area contributed by atoms with Crippen LogP contribution in [0.25, 0.3) is 87.6 Å². The van der Waals surface area contributed by atoms with Crippen LogP contribution >= 0.6 is 0 Å². The Hall–Kier alpha value is -8.20. The first-order valence-electron chi connectivity index (χ1n) is 21.8. The third kappa shape index (κ3) is 4.62. The van der Waals surface area contributed by atoms with E-state index in [4.69, 9.17) is 4.42 Å². The monoisotopic (exact) mass is 799 g/mol. The second-order valence-electron chi connectivity index (χ2n) is 17.1. The molecule has 0 saturated heterocycles. The van der Waals surface area contributed by atoms with Crippen LogP contribution in [0.15, 0.2) is 229 Å². The van der Waals surface area contributed by atoms with E-state index < -0.39 is 5.41 Å². The molecule has 2 heteroatoms. The molecule has 2 nitrogen and oxygen atoms in total. The maximum Gasteiger partial charge on any atom is 0.136 e. The zero-order valence-electron chi connectivity index (χ0n) is 34.2. The molecule has 292 valence electrons. The lowest BCUT2D eigenvalue weighted by Gasteiger charge is -2.36. The van der Waals surface area contributed by atoms with Crippen molar-refractivity contribution in [3.05, 3.63) is 247 Å². The van der Waals surface area contributed by atoms with Crippen molar-refractivity contribution in [2.24, 2.45) is 0 Å². The summed E-state index contributed by atoms with van der Waals surface area (Å²) in [6.07, 6.45) is 0. The lowest BCUT2D eigenvalue weighted by atomic mass is 9.70. The molecule has 2 aliphatic rings. The van der Waals surface area contributed by atoms with Crippen LogP contribution < -0.4 is 4.90 Å². The van der Waals surface area contributed by atoms with E-state index in [1.165, 1.54) is 76.8 Å². The van der Waals surface area contributed by atoms with Gasteiger partial charge in [-0.2, -0.15) is 0 Å². The summed E-state index contributed by atoms with van der Waals surface area (Å²) in [4.78, 5) is 2.52. The lowest BCUT2D eigenvalue weighted by molar-refractivity contribution is 0.669. The van der Waals surface area contributed by atoms with Gasteiger partial charge in [-0.05, 0) is 125 Å². The highest BCUT2D eigenvalue weighted by molar-refractivity contribution is 6.26. The van der Waals surface area contributed by atoms with E-state index in [0.29, 0.717) is 0 Å². The van der Waals surface area contributed by atoms with Gasteiger partial charge in [0.1, 0.15) is 11.2 Å². The highest BCUT2D eigenvalue weighted by atomic mass is 16.3. The zero-order chi connectivity index (χ0) is 41.2. The molecule has 12 aromatic rings. The zero-order valence-corrected chi connectivity index (χ0v) is 34.2. The first-order valence-corrected chi connectivity index (χ1v) is 21.8. The maximum atomic E-state index is 6.34. The third-order valence-electron chi connectivity index (χ3n) is 14.1. The van der Waals surface area contributed by atoms with Crippen LogP contribution in [-0.2, 0) is 5.41 Å². The normalized spacial score (nSPS) is 13.2. The summed E-state index contributed by atoms with van der Waals surface area (Å²) in [5.74, 6) is 0. The molecule has 1 aromatic heterocycles. The molecular formula is C61H37NO. The summed E-state index contributed by atoms with van der Waals surface area (Å²) in [5, 5.41) is 9.84. The molecule has 1 spiro atoms. The van der Waals surface area contributed by atoms with E-state index >= 15 is 0 Å². The molecule has 14 rings (SSSR count). The van der Waals surface area contributed by atoms with Crippen molar-refractivity contribution in [2.75, 3.05) is 4.90 Å². The Labute approximate surface area is 364 Å². The number of hydrogen-bond acceptors (Lipinski definition) is 2. The molecule has 0 N–H and O–H groups in total. The van der Waals surface area contributed by atoms with Crippen molar-refractivity contribution in [2.45, 2.75) is 5.41 Å². The molecule has 0 radical (unpaired) electrons. The van der Waals surface area contributed by atoms with E-state index in [0.717, 1.165) is 50.1 Å². The number of para-hydroxylation sites is 1. The number of fused-ring (bicyclic) bond motifs is 19. The Morgan fingerprint density at radius 3 is 1.43 bits per heavy atom. The summed E-state index contributed by atoms with van der Waals surface area (Å²) in [6, 6.07) is 83.0. The van der Waals surface area contributed by atoms with Crippen molar-refractivity contribution in [3.8, 4) is 33.4 Å². The number of nitrogens with zero attached hydrogens (tertiary/aromatic N) is 1. The number of anilines is 3. The minimum atomic E-state index is -0.522. The highest BCUT2D eigenvalue weighted by Gasteiger charge is 2.53. The molecule has 0 saturated carbocycles. The number of benzene rings is 11. The van der Waals surface area contributed by atoms with Gasteiger partial charge in [0.2, 0.25) is 0 Å². The molecule has 63 heavy (non-hydrogen) atoms. The fourth-order valence-corrected chi connectivity index (χ4v) is 11.6. The van der Waals surface area contributed by atoms with Crippen molar-refractivity contribution in [3.63, 3.8) is 0 Å². The molecule has 0 amide bonds. The third-order valence-corrected chi connectivity index (χ3v) is 14.1. The van der Waals surface area contributed by atoms with Gasteiger partial charge in [0.15, 0.2) is 0 Å². The summed E-state index contributed by atoms with van der Waals surface area (Å²) in [5.41, 5.74) is 17.4. The van der Waals surface area contributed by atoms with E-state index in [2.05, 4.69) is 223 Å². The highest BCUT2D eigenvalue weighted by Crippen LogP contribution is 2.65. The second kappa shape index (κ2) is 12.9. The van der Waals surface area contributed by atoms with Gasteiger partial charge in [0, 0.05) is 27.7 Å². The topological polar surface area (TPSA) is 16.4 Å². The van der Waals surface area contributed by atoms with Crippen molar-refractivity contribution in [1.82, 2.24) is 0 Å². The SMILES string of the molecule is c1ccc2c(c1)-c1ccccc1C21c2ccccc2-c2cccc(N(c3ccc(-c4cccc5oc6ccccc6c45)cc3)c3ccc4c5ccccc5c5ccccc5c4c3)c21. The Balaban J connectivity index is 1.06. The standard InChI is InChI=1S/C61H37NO/c1-2-17-44-42(15-1)43-16-3-4-18-45(43)52-37-40(35-36-46(44)52)62(39-33-31-38(32-34-39)41-23-14-30-58-59(41)51-22-8-12-29-57(51)63-58)56-28-13-24-50-49-21-7-11-27-55(49)61(60(50)56)53-25-9-5-19-47(53)48-20-6-10-26-54(48)61/h1-37H. The first kappa shape index (κ1) is 34.5. The van der Waals surface area contributed by atoms with Crippen LogP contribution in [-0.4, -0.2) is 0 Å². The molecule has 2 aliphatic carbocycles. The number of hydrogen-bond donors (Lipinski definition) is 0. The van der Waals surface area contributed by atoms with Gasteiger partial charge in [0.25, 0.3) is 0 Å². The van der Waals surface area contributed by atoms with Gasteiger partial charge in [-0.25, -0.2) is 0 Å². The van der Waals surface area contributed by atoms with Crippen molar-refractivity contribution < 1.29 is 4.42 Å². The molecule has 0 fully saturated rings. The van der Waals surface area contributed by atoms with Gasteiger partial charge >= 0.3 is 0 Å². The summed E-state index contributed by atoms with van der Waals surface area (Å²) in [7, 11) is 0. The van der Waals surface area contributed by atoms with Crippen LogP contribution in [0.3, 0.4) is 0 Å². The van der Waals surface area contributed by atoms with E-state index in [1.807, 2.05) is 6.07 Å². The molecule has 0 unspecified atom stereocenters. The smallest absolute Gasteiger partial charge is 0.136 e. The first-order chi connectivity index (χ1) is 31.3. The quantitative estimate of drug-likeness (QED) is 0.165. The Kier molecular flexibility index (Phi) is 7.07. The number of furan rings is 1. The molecular weight excluding hydrogens is 763 g/mol. The van der Waals surface area contributed by atoms with Crippen LogP contribution in [0.1, 0.15) is 22.3 Å². The minimum Gasteiger partial charge on any atom is -0.456 e. The fourth-order valence-electron chi connectivity index (χ4n) is 11.6.